The fraction of sp³-hybridized carbons (Fsp3) is 1.00. The van der Waals surface area contributed by atoms with Crippen LogP contribution in [-0.4, -0.2) is 27.7 Å². The molecule has 0 heterocycles. The Morgan fingerprint density at radius 2 is 2.00 bits per heavy atom. The van der Waals surface area contributed by atoms with Crippen LogP contribution < -0.4 is 0 Å². The molecule has 0 aromatic carbocycles. The van der Waals surface area contributed by atoms with Crippen molar-refractivity contribution in [2.75, 3.05) is 0 Å². The first-order valence-corrected chi connectivity index (χ1v) is 7.85. The van der Waals surface area contributed by atoms with Crippen molar-refractivity contribution in [3.05, 3.63) is 0 Å². The van der Waals surface area contributed by atoms with Crippen molar-refractivity contribution < 1.29 is 11.9 Å². The normalized spacial score (nSPS) is 14.9. The predicted octanol–water partition coefficient (Wildman–Crippen LogP) is 1.14. The Kier molecular flexibility index (Phi) is 5.53. The molecule has 3 nitrogen and oxygen atoms in total. The van der Waals surface area contributed by atoms with E-state index < -0.39 is 14.2 Å². The summed E-state index contributed by atoms with van der Waals surface area (Å²) in [5.41, 5.74) is 0. The molecule has 0 aromatic heterocycles. The van der Waals surface area contributed by atoms with E-state index in [4.69, 9.17) is 19.8 Å². The van der Waals surface area contributed by atoms with Gasteiger partial charge in [-0.3, -0.25) is 0 Å². The Balaban J connectivity index is 3.46. The monoisotopic (exact) mass is 244 g/mol. The molecule has 0 aliphatic heterocycles. The topological polar surface area (TPSA) is 57.5 Å². The standard InChI is InChI=1S/C6H14AsClO3/c1-2-3-6(8)4-5-7(9,10)11/h6H,2-5H2,1H3,(H2,9,10,11). The summed E-state index contributed by atoms with van der Waals surface area (Å²) in [7, 11) is 0. The Morgan fingerprint density at radius 1 is 1.45 bits per heavy atom. The molecular formula is C6H14AsClO3. The van der Waals surface area contributed by atoms with Crippen LogP contribution >= 0.6 is 11.6 Å². The van der Waals surface area contributed by atoms with E-state index in [0.717, 1.165) is 12.8 Å². The molecule has 0 aromatic rings. The summed E-state index contributed by atoms with van der Waals surface area (Å²) in [6.07, 6.45) is 2.22. The summed E-state index contributed by atoms with van der Waals surface area (Å²) < 4.78 is 27.5. The third-order valence-electron chi connectivity index (χ3n) is 1.34. The van der Waals surface area contributed by atoms with Crippen LogP contribution in [0.5, 0.6) is 0 Å². The van der Waals surface area contributed by atoms with Gasteiger partial charge in [0, 0.05) is 0 Å². The number of hydrogen-bond acceptors (Lipinski definition) is 1. The molecule has 0 fully saturated rings. The second-order valence-corrected chi connectivity index (χ2v) is 6.91. The fourth-order valence-corrected chi connectivity index (χ4v) is 2.78. The molecule has 0 amide bonds. The quantitative estimate of drug-likeness (QED) is 0.563. The molecular weight excluding hydrogens is 230 g/mol. The van der Waals surface area contributed by atoms with Gasteiger partial charge in [-0.05, 0) is 0 Å². The summed E-state index contributed by atoms with van der Waals surface area (Å²) in [6.45, 7) is 2.00. The zero-order chi connectivity index (χ0) is 8.91. The number of hydrogen-bond donors (Lipinski definition) is 2. The van der Waals surface area contributed by atoms with Gasteiger partial charge in [0.1, 0.15) is 0 Å². The summed E-state index contributed by atoms with van der Waals surface area (Å²) in [5.74, 6) is 0. The van der Waals surface area contributed by atoms with Crippen LogP contribution in [0, 0.1) is 0 Å². The van der Waals surface area contributed by atoms with Crippen molar-refractivity contribution in [1.82, 2.24) is 0 Å². The van der Waals surface area contributed by atoms with Crippen LogP contribution in [0.25, 0.3) is 0 Å². The second kappa shape index (κ2) is 5.26. The maximum absolute atomic E-state index is 10.4. The summed E-state index contributed by atoms with van der Waals surface area (Å²) in [4.78, 5) is 0. The van der Waals surface area contributed by atoms with E-state index in [1.807, 2.05) is 6.92 Å². The zero-order valence-corrected chi connectivity index (χ0v) is 9.17. The molecule has 1 unspecified atom stereocenters. The van der Waals surface area contributed by atoms with Gasteiger partial charge < -0.3 is 0 Å². The van der Waals surface area contributed by atoms with E-state index in [-0.39, 0.29) is 10.6 Å². The first-order chi connectivity index (χ1) is 4.95. The van der Waals surface area contributed by atoms with Gasteiger partial charge in [0.05, 0.1) is 0 Å². The molecule has 0 rings (SSSR count). The fourth-order valence-electron chi connectivity index (χ4n) is 0.766. The van der Waals surface area contributed by atoms with E-state index in [2.05, 4.69) is 0 Å². The van der Waals surface area contributed by atoms with Crippen LogP contribution in [0.3, 0.4) is 0 Å². The Morgan fingerprint density at radius 3 is 2.36 bits per heavy atom. The Bertz CT molecular complexity index is 145. The van der Waals surface area contributed by atoms with Crippen molar-refractivity contribution in [3.8, 4) is 0 Å². The van der Waals surface area contributed by atoms with Crippen molar-refractivity contribution in [2.24, 2.45) is 0 Å². The van der Waals surface area contributed by atoms with Crippen LogP contribution in [0.4, 0.5) is 0 Å². The molecule has 0 saturated heterocycles. The van der Waals surface area contributed by atoms with Crippen LogP contribution in [-0.2, 0) is 3.74 Å². The maximum atomic E-state index is 10.4. The first-order valence-electron chi connectivity index (χ1n) is 3.64. The molecule has 5 heteroatoms. The van der Waals surface area contributed by atoms with E-state index in [1.165, 1.54) is 0 Å². The van der Waals surface area contributed by atoms with Crippen LogP contribution in [0.15, 0.2) is 0 Å². The molecule has 0 saturated carbocycles. The van der Waals surface area contributed by atoms with E-state index >= 15 is 0 Å². The summed E-state index contributed by atoms with van der Waals surface area (Å²) in [6, 6.07) is 0. The van der Waals surface area contributed by atoms with Crippen molar-refractivity contribution >= 4 is 25.8 Å². The van der Waals surface area contributed by atoms with Gasteiger partial charge in [0.15, 0.2) is 0 Å². The zero-order valence-electron chi connectivity index (χ0n) is 6.53. The molecule has 0 aliphatic rings. The molecule has 68 valence electrons. The number of halogens is 1. The van der Waals surface area contributed by atoms with Gasteiger partial charge in [-0.2, -0.15) is 0 Å². The minimum absolute atomic E-state index is 0.0353. The van der Waals surface area contributed by atoms with Crippen LogP contribution in [0.2, 0.25) is 5.21 Å². The van der Waals surface area contributed by atoms with Crippen molar-refractivity contribution in [1.29, 1.82) is 0 Å². The summed E-state index contributed by atoms with van der Waals surface area (Å²) in [5, 5.41) is -0.110. The summed E-state index contributed by atoms with van der Waals surface area (Å²) >= 11 is 1.37. The average molecular weight is 245 g/mol. The SMILES string of the molecule is CCCC(Cl)CC[As](=O)(O)O. The number of alkyl halides is 1. The van der Waals surface area contributed by atoms with Gasteiger partial charge in [-0.25, -0.2) is 0 Å². The second-order valence-electron chi connectivity index (χ2n) is 2.56. The van der Waals surface area contributed by atoms with Gasteiger partial charge in [-0.1, -0.05) is 0 Å². The van der Waals surface area contributed by atoms with Crippen molar-refractivity contribution in [3.63, 3.8) is 0 Å². The molecule has 2 N–H and O–H groups in total. The molecule has 1 atom stereocenters. The van der Waals surface area contributed by atoms with Gasteiger partial charge in [0.25, 0.3) is 0 Å². The van der Waals surface area contributed by atoms with E-state index in [1.54, 1.807) is 0 Å². The Hall–Kier alpha value is 0.568. The van der Waals surface area contributed by atoms with Gasteiger partial charge in [-0.15, -0.1) is 0 Å². The van der Waals surface area contributed by atoms with Gasteiger partial charge in [0.2, 0.25) is 0 Å². The third kappa shape index (κ3) is 8.47. The molecule has 0 radical (unpaired) electrons. The third-order valence-corrected chi connectivity index (χ3v) is 3.54. The Labute approximate surface area is 74.8 Å². The molecule has 0 aliphatic carbocycles. The first kappa shape index (κ1) is 11.6. The minimum atomic E-state index is -4.39. The van der Waals surface area contributed by atoms with E-state index in [9.17, 15) is 3.74 Å². The van der Waals surface area contributed by atoms with Gasteiger partial charge >= 0.3 is 74.5 Å². The predicted molar refractivity (Wildman–Crippen MR) is 44.9 cm³/mol. The molecule has 0 spiro atoms. The van der Waals surface area contributed by atoms with Crippen LogP contribution in [0.1, 0.15) is 26.2 Å². The molecule has 11 heavy (non-hydrogen) atoms. The average Bonchev–Trinajstić information content (AvgIpc) is 1.83. The molecule has 0 bridgehead atoms. The van der Waals surface area contributed by atoms with Crippen molar-refractivity contribution in [2.45, 2.75) is 36.8 Å². The van der Waals surface area contributed by atoms with E-state index in [0.29, 0.717) is 6.42 Å². The number of rotatable bonds is 5.